The number of pyridine rings is 1. The summed E-state index contributed by atoms with van der Waals surface area (Å²) < 4.78 is 2.08. The van der Waals surface area contributed by atoms with Crippen LogP contribution in [0.2, 0.25) is 0 Å². The molecule has 0 bridgehead atoms. The maximum atomic E-state index is 9.83. The molecule has 0 aliphatic carbocycles. The number of hydrogen-bond donors (Lipinski definition) is 2. The van der Waals surface area contributed by atoms with Crippen LogP contribution in [0.4, 0.5) is 0 Å². The number of rotatable bonds is 3. The number of hydrogen-bond acceptors (Lipinski definition) is 3. The van der Waals surface area contributed by atoms with Crippen molar-refractivity contribution < 1.29 is 5.11 Å². The fourth-order valence-electron chi connectivity index (χ4n) is 2.00. The van der Waals surface area contributed by atoms with E-state index in [0.29, 0.717) is 5.69 Å². The molecule has 4 nitrogen and oxygen atoms in total. The molecule has 0 saturated heterocycles. The first kappa shape index (κ1) is 11.1. The minimum absolute atomic E-state index is 0.198. The highest BCUT2D eigenvalue weighted by atomic mass is 16.3. The highest BCUT2D eigenvalue weighted by molar-refractivity contribution is 5.55. The summed E-state index contributed by atoms with van der Waals surface area (Å²) in [6.45, 7) is 4.29. The average Bonchev–Trinajstić information content (AvgIpc) is 2.68. The van der Waals surface area contributed by atoms with Crippen molar-refractivity contribution in [3.8, 4) is 0 Å². The van der Waals surface area contributed by atoms with Gasteiger partial charge in [0.05, 0.1) is 11.2 Å². The van der Waals surface area contributed by atoms with Crippen molar-refractivity contribution in [3.05, 3.63) is 35.4 Å². The Hall–Kier alpha value is -1.39. The first-order chi connectivity index (χ1) is 7.69. The molecule has 0 aromatic carbocycles. The summed E-state index contributed by atoms with van der Waals surface area (Å²) in [6, 6.07) is 5.97. The van der Waals surface area contributed by atoms with Gasteiger partial charge in [0, 0.05) is 18.7 Å². The molecule has 2 heterocycles. The summed E-state index contributed by atoms with van der Waals surface area (Å²) >= 11 is 0. The van der Waals surface area contributed by atoms with E-state index in [-0.39, 0.29) is 6.54 Å². The van der Waals surface area contributed by atoms with Crippen molar-refractivity contribution >= 4 is 5.52 Å². The van der Waals surface area contributed by atoms with Crippen molar-refractivity contribution in [2.75, 3.05) is 6.54 Å². The lowest BCUT2D eigenvalue weighted by molar-refractivity contribution is 0.184. The van der Waals surface area contributed by atoms with Gasteiger partial charge in [0.25, 0.3) is 0 Å². The van der Waals surface area contributed by atoms with Crippen molar-refractivity contribution in [1.82, 2.24) is 9.38 Å². The van der Waals surface area contributed by atoms with E-state index in [1.54, 1.807) is 0 Å². The standard InChI is InChI=1S/C12H17N3O/c1-3-11-14-12(10(16)7-13)9-6-4-5-8(2)15(9)11/h4-6,10,16H,3,7,13H2,1-2H3. The molecule has 16 heavy (non-hydrogen) atoms. The summed E-state index contributed by atoms with van der Waals surface area (Å²) in [5, 5.41) is 9.83. The van der Waals surface area contributed by atoms with Gasteiger partial charge >= 0.3 is 0 Å². The van der Waals surface area contributed by atoms with Crippen LogP contribution >= 0.6 is 0 Å². The molecule has 0 spiro atoms. The number of fused-ring (bicyclic) bond motifs is 1. The molecule has 0 fully saturated rings. The minimum Gasteiger partial charge on any atom is -0.385 e. The second kappa shape index (κ2) is 4.23. The topological polar surface area (TPSA) is 63.5 Å². The number of aliphatic hydroxyl groups is 1. The third-order valence-electron chi connectivity index (χ3n) is 2.81. The minimum atomic E-state index is -0.683. The van der Waals surface area contributed by atoms with Gasteiger partial charge in [0.2, 0.25) is 0 Å². The summed E-state index contributed by atoms with van der Waals surface area (Å²) in [5.41, 5.74) is 8.24. The van der Waals surface area contributed by atoms with Gasteiger partial charge in [0.1, 0.15) is 11.9 Å². The predicted octanol–water partition coefficient (Wildman–Crippen LogP) is 1.20. The Kier molecular flexibility index (Phi) is 2.94. The molecular formula is C12H17N3O. The molecule has 0 aliphatic rings. The van der Waals surface area contributed by atoms with Gasteiger partial charge in [-0.1, -0.05) is 13.0 Å². The molecule has 3 N–H and O–H groups in total. The van der Waals surface area contributed by atoms with Crippen LogP contribution in [0.3, 0.4) is 0 Å². The Balaban J connectivity index is 2.73. The molecule has 86 valence electrons. The molecule has 0 saturated carbocycles. The van der Waals surface area contributed by atoms with E-state index >= 15 is 0 Å². The number of aromatic nitrogens is 2. The van der Waals surface area contributed by atoms with Crippen molar-refractivity contribution in [1.29, 1.82) is 0 Å². The fourth-order valence-corrected chi connectivity index (χ4v) is 2.00. The first-order valence-corrected chi connectivity index (χ1v) is 5.54. The highest BCUT2D eigenvalue weighted by Crippen LogP contribution is 2.21. The second-order valence-electron chi connectivity index (χ2n) is 3.91. The van der Waals surface area contributed by atoms with Crippen molar-refractivity contribution in [2.45, 2.75) is 26.4 Å². The van der Waals surface area contributed by atoms with Gasteiger partial charge in [-0.25, -0.2) is 4.98 Å². The van der Waals surface area contributed by atoms with Crippen LogP contribution in [0.25, 0.3) is 5.52 Å². The van der Waals surface area contributed by atoms with Crippen LogP contribution in [0.15, 0.2) is 18.2 Å². The summed E-state index contributed by atoms with van der Waals surface area (Å²) in [4.78, 5) is 4.47. The van der Waals surface area contributed by atoms with E-state index in [0.717, 1.165) is 23.5 Å². The van der Waals surface area contributed by atoms with Gasteiger partial charge in [-0.05, 0) is 19.1 Å². The zero-order valence-electron chi connectivity index (χ0n) is 9.64. The second-order valence-corrected chi connectivity index (χ2v) is 3.91. The molecule has 4 heteroatoms. The smallest absolute Gasteiger partial charge is 0.113 e. The van der Waals surface area contributed by atoms with Crippen LogP contribution < -0.4 is 5.73 Å². The summed E-state index contributed by atoms with van der Waals surface area (Å²) in [5.74, 6) is 0.968. The monoisotopic (exact) mass is 219 g/mol. The van der Waals surface area contributed by atoms with Crippen LogP contribution in [-0.4, -0.2) is 21.0 Å². The van der Waals surface area contributed by atoms with Gasteiger partial charge in [-0.15, -0.1) is 0 Å². The van der Waals surface area contributed by atoms with Crippen LogP contribution in [-0.2, 0) is 6.42 Å². The number of imidazole rings is 1. The van der Waals surface area contributed by atoms with Crippen LogP contribution in [0.1, 0.15) is 30.2 Å². The first-order valence-electron chi connectivity index (χ1n) is 5.54. The van der Waals surface area contributed by atoms with E-state index < -0.39 is 6.10 Å². The fraction of sp³-hybridized carbons (Fsp3) is 0.417. The van der Waals surface area contributed by atoms with E-state index in [1.807, 2.05) is 25.1 Å². The molecule has 2 aromatic rings. The average molecular weight is 219 g/mol. The molecular weight excluding hydrogens is 202 g/mol. The molecule has 0 amide bonds. The maximum Gasteiger partial charge on any atom is 0.113 e. The zero-order chi connectivity index (χ0) is 11.7. The zero-order valence-corrected chi connectivity index (χ0v) is 9.64. The highest BCUT2D eigenvalue weighted by Gasteiger charge is 2.16. The Morgan fingerprint density at radius 3 is 2.88 bits per heavy atom. The lowest BCUT2D eigenvalue weighted by atomic mass is 10.2. The molecule has 2 rings (SSSR count). The molecule has 1 unspecified atom stereocenters. The quantitative estimate of drug-likeness (QED) is 0.815. The predicted molar refractivity (Wildman–Crippen MR) is 63.3 cm³/mol. The Bertz CT molecular complexity index is 504. The van der Waals surface area contributed by atoms with Gasteiger partial charge < -0.3 is 15.2 Å². The van der Waals surface area contributed by atoms with Gasteiger partial charge in [-0.3, -0.25) is 0 Å². The largest absolute Gasteiger partial charge is 0.385 e. The molecule has 2 aromatic heterocycles. The third kappa shape index (κ3) is 1.60. The van der Waals surface area contributed by atoms with E-state index in [2.05, 4.69) is 16.3 Å². The Morgan fingerprint density at radius 2 is 2.25 bits per heavy atom. The normalized spacial score (nSPS) is 13.2. The molecule has 0 radical (unpaired) electrons. The van der Waals surface area contributed by atoms with Gasteiger partial charge in [0.15, 0.2) is 0 Å². The SMILES string of the molecule is CCc1nc(C(O)CN)c2cccc(C)n12. The lowest BCUT2D eigenvalue weighted by Crippen LogP contribution is -2.12. The molecule has 1 atom stereocenters. The van der Waals surface area contributed by atoms with Gasteiger partial charge in [-0.2, -0.15) is 0 Å². The van der Waals surface area contributed by atoms with Crippen molar-refractivity contribution in [3.63, 3.8) is 0 Å². The maximum absolute atomic E-state index is 9.83. The number of nitrogens with two attached hydrogens (primary N) is 1. The van der Waals surface area contributed by atoms with E-state index in [4.69, 9.17) is 5.73 Å². The number of aliphatic hydroxyl groups excluding tert-OH is 1. The number of nitrogens with zero attached hydrogens (tertiary/aromatic N) is 2. The lowest BCUT2D eigenvalue weighted by Gasteiger charge is -2.05. The van der Waals surface area contributed by atoms with E-state index in [1.165, 1.54) is 0 Å². The Morgan fingerprint density at radius 1 is 1.50 bits per heavy atom. The summed E-state index contributed by atoms with van der Waals surface area (Å²) in [7, 11) is 0. The summed E-state index contributed by atoms with van der Waals surface area (Å²) in [6.07, 6.45) is 0.153. The third-order valence-corrected chi connectivity index (χ3v) is 2.81. The van der Waals surface area contributed by atoms with Crippen molar-refractivity contribution in [2.24, 2.45) is 5.73 Å². The molecule has 0 aliphatic heterocycles. The van der Waals surface area contributed by atoms with E-state index in [9.17, 15) is 5.11 Å². The van der Waals surface area contributed by atoms with Crippen LogP contribution in [0.5, 0.6) is 0 Å². The number of aryl methyl sites for hydroxylation is 2. The van der Waals surface area contributed by atoms with Crippen LogP contribution in [0, 0.1) is 6.92 Å². The Labute approximate surface area is 94.7 Å².